The van der Waals surface area contributed by atoms with E-state index in [-0.39, 0.29) is 6.10 Å². The highest BCUT2D eigenvalue weighted by Gasteiger charge is 2.53. The molecule has 0 amide bonds. The topological polar surface area (TPSA) is 46.2 Å². The predicted octanol–water partition coefficient (Wildman–Crippen LogP) is 5.06. The first-order chi connectivity index (χ1) is 16.8. The SMILES string of the molecule is C1=CC2(OCCO2)[C@@H](OCc2ccccc2)[C@H](OCc2ccccc2)[C@H]1OCc1ccccc1. The molecule has 3 aromatic rings. The zero-order valence-corrected chi connectivity index (χ0v) is 19.1. The molecule has 34 heavy (non-hydrogen) atoms. The second kappa shape index (κ2) is 11.1. The van der Waals surface area contributed by atoms with Gasteiger partial charge in [-0.25, -0.2) is 0 Å². The van der Waals surface area contributed by atoms with E-state index in [1.54, 1.807) is 0 Å². The van der Waals surface area contributed by atoms with E-state index >= 15 is 0 Å². The van der Waals surface area contributed by atoms with Gasteiger partial charge in [-0.05, 0) is 22.8 Å². The van der Waals surface area contributed by atoms with Gasteiger partial charge in [-0.1, -0.05) is 97.1 Å². The van der Waals surface area contributed by atoms with Crippen LogP contribution in [0.25, 0.3) is 0 Å². The number of benzene rings is 3. The molecule has 1 fully saturated rings. The Morgan fingerprint density at radius 3 is 1.62 bits per heavy atom. The van der Waals surface area contributed by atoms with Gasteiger partial charge in [0.25, 0.3) is 0 Å². The molecular weight excluding hydrogens is 428 g/mol. The van der Waals surface area contributed by atoms with Gasteiger partial charge in [0.15, 0.2) is 0 Å². The van der Waals surface area contributed by atoms with Crippen molar-refractivity contribution < 1.29 is 23.7 Å². The van der Waals surface area contributed by atoms with E-state index in [1.807, 2.05) is 78.9 Å². The largest absolute Gasteiger partial charge is 0.368 e. The van der Waals surface area contributed by atoms with E-state index < -0.39 is 18.0 Å². The summed E-state index contributed by atoms with van der Waals surface area (Å²) in [5.41, 5.74) is 3.27. The minimum Gasteiger partial charge on any atom is -0.368 e. The number of ether oxygens (including phenoxy) is 5. The molecule has 0 radical (unpaired) electrons. The first-order valence-electron chi connectivity index (χ1n) is 11.8. The summed E-state index contributed by atoms with van der Waals surface area (Å²) in [7, 11) is 0. The fourth-order valence-electron chi connectivity index (χ4n) is 4.38. The van der Waals surface area contributed by atoms with E-state index in [2.05, 4.69) is 24.3 Å². The van der Waals surface area contributed by atoms with Crippen molar-refractivity contribution in [1.82, 2.24) is 0 Å². The monoisotopic (exact) mass is 458 g/mol. The van der Waals surface area contributed by atoms with Crippen LogP contribution in [0, 0.1) is 0 Å². The third kappa shape index (κ3) is 5.46. The van der Waals surface area contributed by atoms with E-state index in [1.165, 1.54) is 0 Å². The lowest BCUT2D eigenvalue weighted by Crippen LogP contribution is -2.58. The molecule has 176 valence electrons. The van der Waals surface area contributed by atoms with E-state index in [4.69, 9.17) is 23.7 Å². The number of hydrogen-bond acceptors (Lipinski definition) is 5. The van der Waals surface area contributed by atoms with Crippen LogP contribution in [-0.4, -0.2) is 37.3 Å². The highest BCUT2D eigenvalue weighted by molar-refractivity contribution is 5.19. The van der Waals surface area contributed by atoms with Crippen molar-refractivity contribution in [2.24, 2.45) is 0 Å². The van der Waals surface area contributed by atoms with Gasteiger partial charge < -0.3 is 23.7 Å². The van der Waals surface area contributed by atoms with Gasteiger partial charge >= 0.3 is 0 Å². The molecule has 1 saturated heterocycles. The van der Waals surface area contributed by atoms with E-state index in [0.29, 0.717) is 33.0 Å². The second-order valence-electron chi connectivity index (χ2n) is 8.52. The summed E-state index contributed by atoms with van der Waals surface area (Å²) in [5, 5.41) is 0. The zero-order valence-electron chi connectivity index (χ0n) is 19.1. The molecular formula is C29H30O5. The molecule has 1 aliphatic heterocycles. The fraction of sp³-hybridized carbons (Fsp3) is 0.310. The van der Waals surface area contributed by atoms with E-state index in [0.717, 1.165) is 16.7 Å². The van der Waals surface area contributed by atoms with Crippen LogP contribution in [0.5, 0.6) is 0 Å². The zero-order chi connectivity index (χ0) is 23.1. The molecule has 0 N–H and O–H groups in total. The second-order valence-corrected chi connectivity index (χ2v) is 8.52. The molecule has 1 aliphatic carbocycles. The van der Waals surface area contributed by atoms with Crippen molar-refractivity contribution in [1.29, 1.82) is 0 Å². The van der Waals surface area contributed by atoms with E-state index in [9.17, 15) is 0 Å². The van der Waals surface area contributed by atoms with Crippen LogP contribution in [-0.2, 0) is 43.5 Å². The lowest BCUT2D eigenvalue weighted by molar-refractivity contribution is -0.260. The predicted molar refractivity (Wildman–Crippen MR) is 129 cm³/mol. The maximum atomic E-state index is 6.50. The Hall–Kier alpha value is -2.80. The normalized spacial score (nSPS) is 23.4. The van der Waals surface area contributed by atoms with Gasteiger partial charge in [0, 0.05) is 0 Å². The molecule has 5 nitrogen and oxygen atoms in total. The van der Waals surface area contributed by atoms with Gasteiger partial charge in [-0.15, -0.1) is 0 Å². The molecule has 0 saturated carbocycles. The Balaban J connectivity index is 1.39. The summed E-state index contributed by atoms with van der Waals surface area (Å²) in [6.07, 6.45) is 2.70. The third-order valence-corrected chi connectivity index (χ3v) is 6.12. The van der Waals surface area contributed by atoms with Gasteiger partial charge in [-0.2, -0.15) is 0 Å². The van der Waals surface area contributed by atoms with Crippen molar-refractivity contribution in [2.45, 2.75) is 43.9 Å². The molecule has 5 rings (SSSR count). The molecule has 5 heteroatoms. The summed E-state index contributed by atoms with van der Waals surface area (Å²) < 4.78 is 31.5. The van der Waals surface area contributed by atoms with Crippen molar-refractivity contribution >= 4 is 0 Å². The molecule has 0 bridgehead atoms. The quantitative estimate of drug-likeness (QED) is 0.420. The van der Waals surface area contributed by atoms with Crippen molar-refractivity contribution in [3.05, 3.63) is 120 Å². The van der Waals surface area contributed by atoms with Crippen LogP contribution < -0.4 is 0 Å². The maximum Gasteiger partial charge on any atom is 0.217 e. The molecule has 3 atom stereocenters. The van der Waals surface area contributed by atoms with Crippen LogP contribution in [0.3, 0.4) is 0 Å². The average molecular weight is 459 g/mol. The van der Waals surface area contributed by atoms with Gasteiger partial charge in [0.05, 0.1) is 33.0 Å². The Labute approximate surface area is 200 Å². The average Bonchev–Trinajstić information content (AvgIpc) is 3.37. The standard InChI is InChI=1S/C29H30O5/c1-4-10-23(11-5-1)20-30-26-16-17-29(33-18-19-34-29)28(32-22-25-14-8-3-9-15-25)27(26)31-21-24-12-6-2-7-13-24/h1-17,26-28H,18-22H2/t26-,27+,28-/m0/s1. The lowest BCUT2D eigenvalue weighted by Gasteiger charge is -2.43. The van der Waals surface area contributed by atoms with Gasteiger partial charge in [0.2, 0.25) is 5.79 Å². The van der Waals surface area contributed by atoms with Crippen LogP contribution in [0.15, 0.2) is 103 Å². The Bertz CT molecular complexity index is 1030. The summed E-state index contributed by atoms with van der Waals surface area (Å²) in [6, 6.07) is 30.4. The smallest absolute Gasteiger partial charge is 0.217 e. The summed E-state index contributed by atoms with van der Waals surface area (Å²) in [5.74, 6) is -0.983. The van der Waals surface area contributed by atoms with Gasteiger partial charge in [-0.3, -0.25) is 0 Å². The number of rotatable bonds is 9. The lowest BCUT2D eigenvalue weighted by atomic mass is 9.92. The minimum absolute atomic E-state index is 0.317. The molecule has 2 aliphatic rings. The fourth-order valence-corrected chi connectivity index (χ4v) is 4.38. The van der Waals surface area contributed by atoms with Crippen LogP contribution in [0.2, 0.25) is 0 Å². The summed E-state index contributed by atoms with van der Waals surface area (Å²) in [4.78, 5) is 0. The van der Waals surface area contributed by atoms with Crippen LogP contribution in [0.4, 0.5) is 0 Å². The number of hydrogen-bond donors (Lipinski definition) is 0. The van der Waals surface area contributed by atoms with Gasteiger partial charge in [0.1, 0.15) is 18.3 Å². The Morgan fingerprint density at radius 1 is 0.618 bits per heavy atom. The molecule has 1 spiro atoms. The van der Waals surface area contributed by atoms with Crippen LogP contribution in [0.1, 0.15) is 16.7 Å². The highest BCUT2D eigenvalue weighted by Crippen LogP contribution is 2.37. The summed E-state index contributed by atoms with van der Waals surface area (Å²) in [6.45, 7) is 2.35. The Kier molecular flexibility index (Phi) is 7.49. The van der Waals surface area contributed by atoms with Crippen molar-refractivity contribution in [3.8, 4) is 0 Å². The first kappa shape index (κ1) is 23.0. The molecule has 3 aromatic carbocycles. The molecule has 0 aromatic heterocycles. The Morgan fingerprint density at radius 2 is 1.09 bits per heavy atom. The summed E-state index contributed by atoms with van der Waals surface area (Å²) >= 11 is 0. The minimum atomic E-state index is -0.983. The maximum absolute atomic E-state index is 6.50. The van der Waals surface area contributed by atoms with Crippen molar-refractivity contribution in [2.75, 3.05) is 13.2 Å². The molecule has 0 unspecified atom stereocenters. The first-order valence-corrected chi connectivity index (χ1v) is 11.8. The van der Waals surface area contributed by atoms with Crippen LogP contribution >= 0.6 is 0 Å². The molecule has 1 heterocycles. The third-order valence-electron chi connectivity index (χ3n) is 6.12. The van der Waals surface area contributed by atoms with Crippen molar-refractivity contribution in [3.63, 3.8) is 0 Å². The highest BCUT2D eigenvalue weighted by atomic mass is 16.8.